The lowest BCUT2D eigenvalue weighted by Crippen LogP contribution is -2.41. The second-order valence-corrected chi connectivity index (χ2v) is 6.22. The van der Waals surface area contributed by atoms with E-state index in [4.69, 9.17) is 11.2 Å². The third kappa shape index (κ3) is 6.57. The standard InChI is InChI=1S/C19H24F3N3O.HI/c1-3-10-24-17(23-4-2)25-14-18(8-11-26-12-9-18)15-6-5-7-16(13-15)19(20,21)22;/h1,5-7,13H,4,8-12,14H2,2H3,(H2,23,24,25);1H. The average molecular weight is 495 g/mol. The maximum Gasteiger partial charge on any atom is 0.416 e. The molecule has 0 radical (unpaired) electrons. The molecule has 0 unspecified atom stereocenters. The van der Waals surface area contributed by atoms with Gasteiger partial charge in [-0.25, -0.2) is 0 Å². The van der Waals surface area contributed by atoms with E-state index in [0.29, 0.717) is 57.2 Å². The fraction of sp³-hybridized carbons (Fsp3) is 0.526. The number of alkyl halides is 3. The Morgan fingerprint density at radius 2 is 2.00 bits per heavy atom. The summed E-state index contributed by atoms with van der Waals surface area (Å²) in [6.07, 6.45) is 2.14. The van der Waals surface area contributed by atoms with Crippen LogP contribution in [0, 0.1) is 12.3 Å². The van der Waals surface area contributed by atoms with Crippen LogP contribution in [0.5, 0.6) is 0 Å². The van der Waals surface area contributed by atoms with E-state index in [1.807, 2.05) is 6.92 Å². The van der Waals surface area contributed by atoms with Gasteiger partial charge in [-0.3, -0.25) is 4.99 Å². The molecule has 150 valence electrons. The Kier molecular flexibility index (Phi) is 9.39. The molecule has 1 aliphatic heterocycles. The summed E-state index contributed by atoms with van der Waals surface area (Å²) >= 11 is 0. The van der Waals surface area contributed by atoms with Crippen LogP contribution in [0.25, 0.3) is 0 Å². The Morgan fingerprint density at radius 3 is 2.59 bits per heavy atom. The van der Waals surface area contributed by atoms with Crippen molar-refractivity contribution in [3.8, 4) is 12.3 Å². The van der Waals surface area contributed by atoms with Crippen molar-refractivity contribution >= 4 is 29.9 Å². The minimum Gasteiger partial charge on any atom is -0.381 e. The summed E-state index contributed by atoms with van der Waals surface area (Å²) in [5, 5.41) is 6.10. The number of benzene rings is 1. The monoisotopic (exact) mass is 495 g/mol. The lowest BCUT2D eigenvalue weighted by atomic mass is 9.74. The molecule has 4 nitrogen and oxygen atoms in total. The van der Waals surface area contributed by atoms with Crippen LogP contribution < -0.4 is 10.6 Å². The molecule has 1 heterocycles. The Morgan fingerprint density at radius 1 is 1.30 bits per heavy atom. The fourth-order valence-electron chi connectivity index (χ4n) is 3.03. The van der Waals surface area contributed by atoms with Crippen LogP contribution in [0.3, 0.4) is 0 Å². The molecule has 0 amide bonds. The summed E-state index contributed by atoms with van der Waals surface area (Å²) in [7, 11) is 0. The zero-order valence-corrected chi connectivity index (χ0v) is 17.6. The Bertz CT molecular complexity index is 665. The molecular formula is C19H25F3IN3O. The molecule has 0 spiro atoms. The first-order valence-electron chi connectivity index (χ1n) is 8.62. The summed E-state index contributed by atoms with van der Waals surface area (Å²) in [6, 6.07) is 5.54. The maximum absolute atomic E-state index is 13.1. The number of halogens is 4. The second kappa shape index (κ2) is 10.8. The van der Waals surface area contributed by atoms with Crippen molar-refractivity contribution in [2.75, 3.05) is 32.8 Å². The van der Waals surface area contributed by atoms with Crippen LogP contribution in [-0.2, 0) is 16.3 Å². The summed E-state index contributed by atoms with van der Waals surface area (Å²) < 4.78 is 44.8. The largest absolute Gasteiger partial charge is 0.416 e. The summed E-state index contributed by atoms with van der Waals surface area (Å²) in [6.45, 7) is 4.28. The highest BCUT2D eigenvalue weighted by molar-refractivity contribution is 14.0. The van der Waals surface area contributed by atoms with Crippen LogP contribution in [0.15, 0.2) is 29.3 Å². The first-order valence-corrected chi connectivity index (χ1v) is 8.62. The number of hydrogen-bond acceptors (Lipinski definition) is 2. The highest BCUT2D eigenvalue weighted by atomic mass is 127. The van der Waals surface area contributed by atoms with Crippen molar-refractivity contribution < 1.29 is 17.9 Å². The third-order valence-electron chi connectivity index (χ3n) is 4.49. The van der Waals surface area contributed by atoms with E-state index < -0.39 is 17.2 Å². The van der Waals surface area contributed by atoms with E-state index in [1.54, 1.807) is 6.07 Å². The first kappa shape index (κ1) is 23.6. The maximum atomic E-state index is 13.1. The highest BCUT2D eigenvalue weighted by Gasteiger charge is 2.37. The molecule has 1 aliphatic rings. The van der Waals surface area contributed by atoms with Gasteiger partial charge in [0, 0.05) is 25.2 Å². The van der Waals surface area contributed by atoms with E-state index in [-0.39, 0.29) is 24.0 Å². The number of terminal acetylenes is 1. The molecule has 0 aromatic heterocycles. The van der Waals surface area contributed by atoms with Gasteiger partial charge in [0.25, 0.3) is 0 Å². The molecule has 0 bridgehead atoms. The fourth-order valence-corrected chi connectivity index (χ4v) is 3.03. The smallest absolute Gasteiger partial charge is 0.381 e. The van der Waals surface area contributed by atoms with E-state index >= 15 is 0 Å². The number of nitrogens with one attached hydrogen (secondary N) is 2. The first-order chi connectivity index (χ1) is 12.4. The van der Waals surface area contributed by atoms with E-state index in [2.05, 4.69) is 21.5 Å². The van der Waals surface area contributed by atoms with Gasteiger partial charge in [-0.15, -0.1) is 30.4 Å². The number of aliphatic imine (C=N–C) groups is 1. The van der Waals surface area contributed by atoms with Crippen LogP contribution in [0.1, 0.15) is 30.9 Å². The number of hydrogen-bond donors (Lipinski definition) is 2. The van der Waals surface area contributed by atoms with Crippen molar-refractivity contribution in [3.63, 3.8) is 0 Å². The van der Waals surface area contributed by atoms with Gasteiger partial charge >= 0.3 is 6.18 Å². The minimum absolute atomic E-state index is 0. The summed E-state index contributed by atoms with van der Waals surface area (Å²) in [4.78, 5) is 4.58. The number of ether oxygens (including phenoxy) is 1. The van der Waals surface area contributed by atoms with Gasteiger partial charge in [0.05, 0.1) is 18.7 Å². The molecule has 0 saturated carbocycles. The van der Waals surface area contributed by atoms with Crippen LogP contribution in [0.4, 0.5) is 13.2 Å². The van der Waals surface area contributed by atoms with Crippen molar-refractivity contribution in [1.29, 1.82) is 0 Å². The predicted octanol–water partition coefficient (Wildman–Crippen LogP) is 3.56. The lowest BCUT2D eigenvalue weighted by molar-refractivity contribution is -0.137. The van der Waals surface area contributed by atoms with E-state index in [1.165, 1.54) is 12.1 Å². The Hall–Kier alpha value is -1.47. The minimum atomic E-state index is -4.37. The Balaban J connectivity index is 0.00000364. The zero-order chi connectivity index (χ0) is 19.0. The molecule has 1 aromatic rings. The molecule has 1 saturated heterocycles. The molecule has 2 rings (SSSR count). The van der Waals surface area contributed by atoms with Gasteiger partial charge in [0.1, 0.15) is 0 Å². The summed E-state index contributed by atoms with van der Waals surface area (Å²) in [5.74, 6) is 3.04. The quantitative estimate of drug-likeness (QED) is 0.284. The normalized spacial score (nSPS) is 16.8. The number of guanidine groups is 1. The van der Waals surface area contributed by atoms with Gasteiger partial charge in [-0.2, -0.15) is 13.2 Å². The summed E-state index contributed by atoms with van der Waals surface area (Å²) in [5.41, 5.74) is -0.479. The highest BCUT2D eigenvalue weighted by Crippen LogP contribution is 2.38. The van der Waals surface area contributed by atoms with Gasteiger partial charge < -0.3 is 15.4 Å². The molecule has 0 aliphatic carbocycles. The molecule has 8 heteroatoms. The number of nitrogens with zero attached hydrogens (tertiary/aromatic N) is 1. The van der Waals surface area contributed by atoms with Crippen molar-refractivity contribution in [1.82, 2.24) is 10.6 Å². The van der Waals surface area contributed by atoms with Gasteiger partial charge in [0.15, 0.2) is 5.96 Å². The lowest BCUT2D eigenvalue weighted by Gasteiger charge is -2.37. The van der Waals surface area contributed by atoms with Gasteiger partial charge in [0.2, 0.25) is 0 Å². The molecule has 1 fully saturated rings. The third-order valence-corrected chi connectivity index (χ3v) is 4.49. The predicted molar refractivity (Wildman–Crippen MR) is 111 cm³/mol. The molecular weight excluding hydrogens is 470 g/mol. The van der Waals surface area contributed by atoms with Gasteiger partial charge in [-0.05, 0) is 31.4 Å². The average Bonchev–Trinajstić information content (AvgIpc) is 2.64. The van der Waals surface area contributed by atoms with Crippen molar-refractivity contribution in [3.05, 3.63) is 35.4 Å². The van der Waals surface area contributed by atoms with Crippen LogP contribution in [-0.4, -0.2) is 38.8 Å². The second-order valence-electron chi connectivity index (χ2n) is 6.22. The van der Waals surface area contributed by atoms with Crippen LogP contribution >= 0.6 is 24.0 Å². The molecule has 1 aromatic carbocycles. The SMILES string of the molecule is C#CCNC(=NCC1(c2cccc(C(F)(F)F)c2)CCOCC1)NCC.I. The number of rotatable bonds is 5. The van der Waals surface area contributed by atoms with E-state index in [9.17, 15) is 13.2 Å². The molecule has 2 N–H and O–H groups in total. The van der Waals surface area contributed by atoms with Crippen molar-refractivity contribution in [2.45, 2.75) is 31.4 Å². The van der Waals surface area contributed by atoms with Crippen molar-refractivity contribution in [2.24, 2.45) is 4.99 Å². The molecule has 27 heavy (non-hydrogen) atoms. The molecule has 0 atom stereocenters. The van der Waals surface area contributed by atoms with Crippen LogP contribution in [0.2, 0.25) is 0 Å². The van der Waals surface area contributed by atoms with E-state index in [0.717, 1.165) is 6.07 Å². The Labute approximate surface area is 175 Å². The zero-order valence-electron chi connectivity index (χ0n) is 15.2. The topological polar surface area (TPSA) is 45.7 Å². The van der Waals surface area contributed by atoms with Gasteiger partial charge in [-0.1, -0.05) is 24.1 Å².